The fourth-order valence-corrected chi connectivity index (χ4v) is 2.16. The highest BCUT2D eigenvalue weighted by atomic mass is 35.6. The molecule has 6 heteroatoms. The first-order valence-corrected chi connectivity index (χ1v) is 5.77. The lowest BCUT2D eigenvalue weighted by Crippen LogP contribution is -2.48. The molecule has 0 saturated carbocycles. The molecule has 1 atom stereocenters. The van der Waals surface area contributed by atoms with Gasteiger partial charge in [-0.25, -0.2) is 0 Å². The molecular formula is C8H14Cl3N3. The van der Waals surface area contributed by atoms with Crippen LogP contribution < -0.4 is 0 Å². The summed E-state index contributed by atoms with van der Waals surface area (Å²) >= 11 is 17.7. The van der Waals surface area contributed by atoms with Gasteiger partial charge < -0.3 is 4.90 Å². The Labute approximate surface area is 99.6 Å². The van der Waals surface area contributed by atoms with Gasteiger partial charge in [0.2, 0.25) is 3.79 Å². The molecule has 1 aliphatic rings. The third kappa shape index (κ3) is 2.59. The number of hydrazone groups is 1. The highest BCUT2D eigenvalue weighted by Crippen LogP contribution is 2.36. The standard InChI is InChI=1S/C8H14Cl3N3/c1-3-5-14-7(8(9,10)11)13(4-2)6-12-14/h6-7H,3-5H2,1-2H3. The molecule has 0 bridgehead atoms. The second kappa shape index (κ2) is 4.77. The zero-order valence-electron chi connectivity index (χ0n) is 8.25. The maximum atomic E-state index is 5.91. The van der Waals surface area contributed by atoms with Crippen molar-refractivity contribution in [2.75, 3.05) is 13.1 Å². The smallest absolute Gasteiger partial charge is 0.230 e. The summed E-state index contributed by atoms with van der Waals surface area (Å²) in [6.45, 7) is 5.65. The Balaban J connectivity index is 2.74. The van der Waals surface area contributed by atoms with Gasteiger partial charge in [0.25, 0.3) is 0 Å². The lowest BCUT2D eigenvalue weighted by molar-refractivity contribution is 0.137. The van der Waals surface area contributed by atoms with E-state index in [0.717, 1.165) is 19.5 Å². The molecule has 0 spiro atoms. The van der Waals surface area contributed by atoms with Crippen molar-refractivity contribution in [3.63, 3.8) is 0 Å². The van der Waals surface area contributed by atoms with Gasteiger partial charge in [0.15, 0.2) is 6.17 Å². The highest BCUT2D eigenvalue weighted by molar-refractivity contribution is 6.68. The summed E-state index contributed by atoms with van der Waals surface area (Å²) in [6.07, 6.45) is 2.42. The van der Waals surface area contributed by atoms with E-state index in [9.17, 15) is 0 Å². The van der Waals surface area contributed by atoms with Crippen LogP contribution in [-0.4, -0.2) is 39.3 Å². The van der Waals surface area contributed by atoms with Crippen molar-refractivity contribution >= 4 is 41.1 Å². The van der Waals surface area contributed by atoms with Crippen molar-refractivity contribution in [2.45, 2.75) is 30.2 Å². The molecule has 0 aromatic carbocycles. The lowest BCUT2D eigenvalue weighted by atomic mass is 10.4. The van der Waals surface area contributed by atoms with E-state index in [0.29, 0.717) is 0 Å². The normalized spacial score (nSPS) is 22.2. The molecule has 0 saturated heterocycles. The molecular weight excluding hydrogens is 244 g/mol. The molecule has 1 unspecified atom stereocenters. The minimum Gasteiger partial charge on any atom is -0.336 e. The first kappa shape index (κ1) is 12.2. The van der Waals surface area contributed by atoms with Gasteiger partial charge in [-0.2, -0.15) is 5.10 Å². The number of nitrogens with zero attached hydrogens (tertiary/aromatic N) is 3. The van der Waals surface area contributed by atoms with E-state index in [4.69, 9.17) is 34.8 Å². The largest absolute Gasteiger partial charge is 0.336 e. The Bertz CT molecular complexity index is 214. The van der Waals surface area contributed by atoms with Crippen LogP contribution in [0, 0.1) is 0 Å². The van der Waals surface area contributed by atoms with Crippen LogP contribution in [0.15, 0.2) is 5.10 Å². The zero-order chi connectivity index (χ0) is 10.8. The van der Waals surface area contributed by atoms with Crippen molar-refractivity contribution in [3.8, 4) is 0 Å². The van der Waals surface area contributed by atoms with Crippen LogP contribution in [0.3, 0.4) is 0 Å². The van der Waals surface area contributed by atoms with Gasteiger partial charge in [-0.1, -0.05) is 41.7 Å². The highest BCUT2D eigenvalue weighted by Gasteiger charge is 2.42. The number of hydrogen-bond acceptors (Lipinski definition) is 3. The van der Waals surface area contributed by atoms with Crippen LogP contribution in [0.2, 0.25) is 0 Å². The monoisotopic (exact) mass is 257 g/mol. The predicted molar refractivity (Wildman–Crippen MR) is 61.9 cm³/mol. The van der Waals surface area contributed by atoms with Crippen LogP contribution in [0.25, 0.3) is 0 Å². The molecule has 3 nitrogen and oxygen atoms in total. The van der Waals surface area contributed by atoms with E-state index < -0.39 is 3.79 Å². The Hall–Kier alpha value is 0.140. The Morgan fingerprint density at radius 2 is 2.00 bits per heavy atom. The summed E-state index contributed by atoms with van der Waals surface area (Å²) in [5.41, 5.74) is 0. The van der Waals surface area contributed by atoms with Crippen LogP contribution in [-0.2, 0) is 0 Å². The van der Waals surface area contributed by atoms with E-state index in [1.165, 1.54) is 0 Å². The topological polar surface area (TPSA) is 18.8 Å². The average molecular weight is 259 g/mol. The number of hydrogen-bond donors (Lipinski definition) is 0. The maximum absolute atomic E-state index is 5.91. The zero-order valence-corrected chi connectivity index (χ0v) is 10.5. The molecule has 14 heavy (non-hydrogen) atoms. The van der Waals surface area contributed by atoms with Crippen LogP contribution >= 0.6 is 34.8 Å². The van der Waals surface area contributed by atoms with E-state index >= 15 is 0 Å². The van der Waals surface area contributed by atoms with Crippen molar-refractivity contribution in [2.24, 2.45) is 5.10 Å². The second-order valence-corrected chi connectivity index (χ2v) is 5.51. The second-order valence-electron chi connectivity index (χ2n) is 3.14. The Morgan fingerprint density at radius 3 is 2.43 bits per heavy atom. The quantitative estimate of drug-likeness (QED) is 0.725. The van der Waals surface area contributed by atoms with Gasteiger partial charge in [0.05, 0.1) is 0 Å². The molecule has 1 rings (SSSR count). The Kier molecular flexibility index (Phi) is 4.16. The molecule has 0 aromatic rings. The third-order valence-corrected chi connectivity index (χ3v) is 2.64. The Morgan fingerprint density at radius 1 is 1.36 bits per heavy atom. The minimum atomic E-state index is -1.33. The molecule has 0 amide bonds. The maximum Gasteiger partial charge on any atom is 0.230 e. The molecule has 0 fully saturated rings. The summed E-state index contributed by atoms with van der Waals surface area (Å²) in [5, 5.41) is 6.02. The van der Waals surface area contributed by atoms with Gasteiger partial charge in [0.1, 0.15) is 6.34 Å². The van der Waals surface area contributed by atoms with Crippen molar-refractivity contribution in [3.05, 3.63) is 0 Å². The van der Waals surface area contributed by atoms with E-state index in [1.54, 1.807) is 6.34 Å². The van der Waals surface area contributed by atoms with E-state index in [2.05, 4.69) is 12.0 Å². The number of rotatable bonds is 3. The van der Waals surface area contributed by atoms with Gasteiger partial charge >= 0.3 is 0 Å². The van der Waals surface area contributed by atoms with Gasteiger partial charge in [-0.3, -0.25) is 5.01 Å². The molecule has 0 radical (unpaired) electrons. The first-order chi connectivity index (χ1) is 6.50. The molecule has 0 aliphatic carbocycles. The number of alkyl halides is 3. The predicted octanol–water partition coefficient (Wildman–Crippen LogP) is 2.67. The van der Waals surface area contributed by atoms with Crippen LogP contribution in [0.1, 0.15) is 20.3 Å². The lowest BCUT2D eigenvalue weighted by Gasteiger charge is -2.34. The molecule has 0 aromatic heterocycles. The van der Waals surface area contributed by atoms with Crippen LogP contribution in [0.5, 0.6) is 0 Å². The van der Waals surface area contributed by atoms with Gasteiger partial charge in [-0.05, 0) is 13.3 Å². The molecule has 82 valence electrons. The SMILES string of the molecule is CCCN1N=CN(CC)C1C(Cl)(Cl)Cl. The van der Waals surface area contributed by atoms with Gasteiger partial charge in [0, 0.05) is 13.1 Å². The van der Waals surface area contributed by atoms with Crippen LogP contribution in [0.4, 0.5) is 0 Å². The summed E-state index contributed by atoms with van der Waals surface area (Å²) in [6, 6.07) is 0. The summed E-state index contributed by atoms with van der Waals surface area (Å²) in [4.78, 5) is 1.92. The van der Waals surface area contributed by atoms with E-state index in [-0.39, 0.29) is 6.17 Å². The first-order valence-electron chi connectivity index (χ1n) is 4.64. The molecule has 1 aliphatic heterocycles. The molecule has 1 heterocycles. The van der Waals surface area contributed by atoms with Gasteiger partial charge in [-0.15, -0.1) is 0 Å². The van der Waals surface area contributed by atoms with E-state index in [1.807, 2.05) is 16.8 Å². The molecule has 0 N–H and O–H groups in total. The average Bonchev–Trinajstić information content (AvgIpc) is 2.47. The fraction of sp³-hybridized carbons (Fsp3) is 0.875. The number of halogens is 3. The minimum absolute atomic E-state index is 0.280. The summed E-state index contributed by atoms with van der Waals surface area (Å²) in [5.74, 6) is 0. The van der Waals surface area contributed by atoms with Crippen molar-refractivity contribution in [1.82, 2.24) is 9.91 Å². The fourth-order valence-electron chi connectivity index (χ4n) is 1.45. The summed E-state index contributed by atoms with van der Waals surface area (Å²) < 4.78 is -1.33. The third-order valence-electron chi connectivity index (χ3n) is 2.06. The van der Waals surface area contributed by atoms with Crippen molar-refractivity contribution < 1.29 is 0 Å². The van der Waals surface area contributed by atoms with Crippen molar-refractivity contribution in [1.29, 1.82) is 0 Å². The summed E-state index contributed by atoms with van der Waals surface area (Å²) in [7, 11) is 0.